The number of guanidine groups is 1. The van der Waals surface area contributed by atoms with Crippen LogP contribution in [-0.2, 0) is 39.3 Å². The van der Waals surface area contributed by atoms with Crippen molar-refractivity contribution in [3.05, 3.63) is 103 Å². The fourth-order valence-electron chi connectivity index (χ4n) is 6.69. The number of rotatable bonds is 13. The van der Waals surface area contributed by atoms with Crippen molar-refractivity contribution in [3.63, 3.8) is 0 Å². The van der Waals surface area contributed by atoms with E-state index in [1.165, 1.54) is 83.5 Å². The van der Waals surface area contributed by atoms with E-state index in [2.05, 4.69) is 4.99 Å². The number of aliphatic hydroxyl groups is 1. The predicted octanol–water partition coefficient (Wildman–Crippen LogP) is 3.68. The molecule has 4 aromatic rings. The number of nitrogens with two attached hydrogens (primary N) is 1. The molecule has 0 bridgehead atoms. The van der Waals surface area contributed by atoms with Gasteiger partial charge >= 0.3 is 18.2 Å². The number of hydrogen-bond donors (Lipinski definition) is 3. The quantitative estimate of drug-likeness (QED) is 0.0330. The maximum Gasteiger partial charge on any atom is 0.437 e. The van der Waals surface area contributed by atoms with Gasteiger partial charge in [-0.05, 0) is 42.3 Å². The van der Waals surface area contributed by atoms with Crippen LogP contribution in [0.3, 0.4) is 0 Å². The number of nitro benzene ring substituents is 2. The smallest absolute Gasteiger partial charge is 0.437 e. The number of thioether (sulfide) groups is 1. The number of carboxylic acids is 1. The van der Waals surface area contributed by atoms with Crippen LogP contribution in [0.4, 0.5) is 21.0 Å². The van der Waals surface area contributed by atoms with E-state index in [-0.39, 0.29) is 48.5 Å². The summed E-state index contributed by atoms with van der Waals surface area (Å²) in [4.78, 5) is 79.4. The lowest BCUT2D eigenvalue weighted by Gasteiger charge is -2.46. The first-order valence-electron chi connectivity index (χ1n) is 17.1. The summed E-state index contributed by atoms with van der Waals surface area (Å²) in [5, 5.41) is 43.1. The Bertz CT molecular complexity index is 2340. The number of hydrogen-bond acceptors (Lipinski definition) is 13. The monoisotopic (exact) mass is 823 g/mol. The fraction of sp³-hybridized carbons (Fsp3) is 0.314. The second-order valence-corrected chi connectivity index (χ2v) is 15.2. The molecule has 4 atom stereocenters. The topological polar surface area (TPSA) is 267 Å². The summed E-state index contributed by atoms with van der Waals surface area (Å²) in [6.45, 7) is 2.63. The molecular weight excluding hydrogens is 789 g/mol. The van der Waals surface area contributed by atoms with Crippen molar-refractivity contribution in [2.75, 3.05) is 12.3 Å². The number of aryl methyl sites for hydroxylation is 1. The summed E-state index contributed by atoms with van der Waals surface area (Å²) in [5.74, 6) is -3.13. The van der Waals surface area contributed by atoms with Gasteiger partial charge in [0, 0.05) is 48.1 Å². The number of thiazole rings is 1. The number of ether oxygens (including phenoxy) is 2. The highest BCUT2D eigenvalue weighted by Gasteiger charge is 2.60. The average molecular weight is 824 g/mol. The predicted molar refractivity (Wildman–Crippen MR) is 202 cm³/mol. The van der Waals surface area contributed by atoms with Crippen LogP contribution in [-0.4, -0.2) is 88.7 Å². The second-order valence-electron chi connectivity index (χ2n) is 13.1. The van der Waals surface area contributed by atoms with Crippen molar-refractivity contribution in [2.24, 2.45) is 29.6 Å². The van der Waals surface area contributed by atoms with Gasteiger partial charge in [0.25, 0.3) is 11.4 Å². The number of benzene rings is 2. The first-order valence-corrected chi connectivity index (χ1v) is 18.9. The van der Waals surface area contributed by atoms with Crippen LogP contribution < -0.4 is 10.3 Å². The van der Waals surface area contributed by atoms with Crippen molar-refractivity contribution in [1.29, 1.82) is 0 Å². The van der Waals surface area contributed by atoms with Crippen molar-refractivity contribution in [1.82, 2.24) is 14.2 Å². The molecule has 0 radical (unpaired) electrons. The summed E-state index contributed by atoms with van der Waals surface area (Å²) in [6, 6.07) is 10.1. The van der Waals surface area contributed by atoms with Gasteiger partial charge in [0.2, 0.25) is 28.1 Å². The van der Waals surface area contributed by atoms with E-state index in [4.69, 9.17) is 15.2 Å². The summed E-state index contributed by atoms with van der Waals surface area (Å²) < 4.78 is 14.2. The Labute approximate surface area is 330 Å². The van der Waals surface area contributed by atoms with Gasteiger partial charge in [0.1, 0.15) is 25.1 Å². The Morgan fingerprint density at radius 1 is 1.05 bits per heavy atom. The number of β-lactam (4-membered cyclic amide) rings is 1. The van der Waals surface area contributed by atoms with E-state index in [1.54, 1.807) is 19.6 Å². The molecule has 22 heteroatoms. The highest BCUT2D eigenvalue weighted by molar-refractivity contribution is 7.99. The molecule has 4 heterocycles. The molecule has 0 spiro atoms. The number of nitrogens with zero attached hydrogens (tertiary/aromatic N) is 7. The number of amides is 3. The van der Waals surface area contributed by atoms with Gasteiger partial charge in [-0.3, -0.25) is 25.0 Å². The number of nitro groups is 2. The van der Waals surface area contributed by atoms with E-state index in [1.807, 2.05) is 15.9 Å². The number of aromatic nitrogens is 2. The number of aliphatic carboxylic acids is 1. The van der Waals surface area contributed by atoms with E-state index in [0.29, 0.717) is 21.6 Å². The number of carbonyl (C=O) groups excluding carboxylic acids is 3. The molecule has 3 amide bonds. The summed E-state index contributed by atoms with van der Waals surface area (Å²) >= 11 is 2.62. The number of aliphatic hydroxyl groups excluding tert-OH is 1. The molecule has 2 aromatic heterocycles. The third kappa shape index (κ3) is 8.13. The van der Waals surface area contributed by atoms with Gasteiger partial charge in [-0.2, -0.15) is 4.40 Å². The number of carboxylic acid groups (broad SMARTS) is 1. The summed E-state index contributed by atoms with van der Waals surface area (Å²) in [5.41, 5.74) is 7.09. The zero-order chi connectivity index (χ0) is 41.3. The lowest BCUT2D eigenvalue weighted by molar-refractivity contribution is -0.705. The standard InChI is InChI=1S/C35H34N8O12S2/c1-18-25(28(32(46)47)41-27(18)26(19(2)44)29(41)45)24-14-39-17-38(3)30(31(39)57-24)56-13-12-40(35(49)55-16-21-6-10-23(11-7-21)43(52)53)33(36)37-34(48)54-15-20-4-8-22(9-5-20)42(50)51/h4-11,14,17-19,26-27,44H,12-13,15-16H2,1-3H3,(H2-,36,37,46,47,48)/p+1/t18-,19+,26+,27+/m0/s1. The molecule has 20 nitrogen and oxygen atoms in total. The van der Waals surface area contributed by atoms with E-state index in [9.17, 15) is 49.6 Å². The van der Waals surface area contributed by atoms with Gasteiger partial charge < -0.3 is 30.3 Å². The van der Waals surface area contributed by atoms with Crippen molar-refractivity contribution < 1.29 is 53.3 Å². The normalized spacial score (nSPS) is 18.2. The summed E-state index contributed by atoms with van der Waals surface area (Å²) in [6.07, 6.45) is 0.482. The van der Waals surface area contributed by atoms with Crippen LogP contribution in [0.5, 0.6) is 0 Å². The molecule has 2 aliphatic rings. The number of aliphatic imine (C=N–C) groups is 1. The molecule has 2 aliphatic heterocycles. The molecule has 298 valence electrons. The third-order valence-corrected chi connectivity index (χ3v) is 11.8. The number of carbonyl (C=O) groups is 4. The number of fused-ring (bicyclic) bond motifs is 2. The molecule has 6 rings (SSSR count). The molecule has 0 unspecified atom stereocenters. The van der Waals surface area contributed by atoms with Crippen LogP contribution >= 0.6 is 23.1 Å². The molecule has 1 saturated heterocycles. The Balaban J connectivity index is 1.19. The van der Waals surface area contributed by atoms with Crippen molar-refractivity contribution in [2.45, 2.75) is 44.2 Å². The lowest BCUT2D eigenvalue weighted by atomic mass is 9.77. The number of imidazole rings is 1. The van der Waals surface area contributed by atoms with Crippen LogP contribution in [0.25, 0.3) is 10.4 Å². The van der Waals surface area contributed by atoms with Gasteiger partial charge in [-0.1, -0.05) is 30.0 Å². The van der Waals surface area contributed by atoms with E-state index in [0.717, 1.165) is 14.8 Å². The Hall–Kier alpha value is -6.39. The highest BCUT2D eigenvalue weighted by atomic mass is 32.2. The zero-order valence-corrected chi connectivity index (χ0v) is 32.0. The number of non-ortho nitro benzene ring substituents is 2. The first kappa shape index (κ1) is 40.3. The minimum atomic E-state index is -1.25. The SMILES string of the molecule is C[C@@H](O)[C@H]1C(=O)N2C(C(=O)O)=C(c3cn4c[n+](C)c(SCCN(C(=O)OCc5ccc([N+](=O)[O-])cc5)C(N)=NC(=O)OCc5ccc([N+](=O)[O-])cc5)c4s3)[C@H](C)[C@H]12. The fourth-order valence-corrected chi connectivity index (χ4v) is 9.15. The lowest BCUT2D eigenvalue weighted by Crippen LogP contribution is -2.63. The third-order valence-electron chi connectivity index (χ3n) is 9.41. The van der Waals surface area contributed by atoms with Gasteiger partial charge in [0.15, 0.2) is 0 Å². The zero-order valence-electron chi connectivity index (χ0n) is 30.4. The molecular formula is C35H35N8O12S2+. The Morgan fingerprint density at radius 2 is 1.63 bits per heavy atom. The maximum atomic E-state index is 13.4. The largest absolute Gasteiger partial charge is 0.477 e. The van der Waals surface area contributed by atoms with E-state index < -0.39 is 57.9 Å². The van der Waals surface area contributed by atoms with Crippen molar-refractivity contribution >= 4 is 74.9 Å². The molecule has 1 fully saturated rings. The second kappa shape index (κ2) is 16.4. The van der Waals surface area contributed by atoms with Gasteiger partial charge in [0.05, 0.1) is 39.8 Å². The van der Waals surface area contributed by atoms with Crippen LogP contribution in [0.15, 0.2) is 76.8 Å². The minimum Gasteiger partial charge on any atom is -0.477 e. The van der Waals surface area contributed by atoms with Crippen LogP contribution in [0.2, 0.25) is 0 Å². The van der Waals surface area contributed by atoms with Gasteiger partial charge in [-0.25, -0.2) is 23.9 Å². The maximum absolute atomic E-state index is 13.4. The molecule has 2 aromatic carbocycles. The first-order chi connectivity index (χ1) is 27.1. The van der Waals surface area contributed by atoms with E-state index >= 15 is 0 Å². The summed E-state index contributed by atoms with van der Waals surface area (Å²) in [7, 11) is 1.80. The minimum absolute atomic E-state index is 0.110. The van der Waals surface area contributed by atoms with Gasteiger partial charge in [-0.15, -0.1) is 4.99 Å². The molecule has 57 heavy (non-hydrogen) atoms. The molecule has 0 saturated carbocycles. The Morgan fingerprint density at radius 3 is 2.18 bits per heavy atom. The van der Waals surface area contributed by atoms with Crippen LogP contribution in [0, 0.1) is 32.1 Å². The van der Waals surface area contributed by atoms with Crippen LogP contribution in [0.1, 0.15) is 29.9 Å². The molecule has 4 N–H and O–H groups in total. The van der Waals surface area contributed by atoms with Crippen molar-refractivity contribution in [3.8, 4) is 0 Å². The highest BCUT2D eigenvalue weighted by Crippen LogP contribution is 2.51. The average Bonchev–Trinajstić information content (AvgIpc) is 3.77. The molecule has 0 aliphatic carbocycles. The Kier molecular flexibility index (Phi) is 11.6.